The number of fused-ring (bicyclic) bond motifs is 1. The Hall–Kier alpha value is -1.80. The summed E-state index contributed by atoms with van der Waals surface area (Å²) in [5.41, 5.74) is 4.39. The number of likely N-dealkylation sites (N-methyl/N-ethyl adjacent to an activating group) is 1. The van der Waals surface area contributed by atoms with Crippen molar-refractivity contribution in [3.63, 3.8) is 0 Å². The molecule has 0 unspecified atom stereocenters. The molecule has 1 saturated heterocycles. The van der Waals surface area contributed by atoms with Gasteiger partial charge in [0.1, 0.15) is 0 Å². The lowest BCUT2D eigenvalue weighted by molar-refractivity contribution is 0.277. The van der Waals surface area contributed by atoms with Crippen molar-refractivity contribution >= 4 is 5.69 Å². The summed E-state index contributed by atoms with van der Waals surface area (Å²) in [7, 11) is 2.19. The van der Waals surface area contributed by atoms with Gasteiger partial charge in [-0.3, -0.25) is 0 Å². The molecule has 0 bridgehead atoms. The molecule has 1 aliphatic carbocycles. The number of likely N-dealkylation sites (tertiary alicyclic amines) is 1. The monoisotopic (exact) mass is 336 g/mol. The third kappa shape index (κ3) is 4.85. The van der Waals surface area contributed by atoms with Gasteiger partial charge in [0.15, 0.2) is 0 Å². The average molecular weight is 337 g/mol. The number of piperidine rings is 1. The van der Waals surface area contributed by atoms with Gasteiger partial charge < -0.3 is 9.80 Å². The van der Waals surface area contributed by atoms with E-state index in [0.717, 1.165) is 6.54 Å². The lowest BCUT2D eigenvalue weighted by Gasteiger charge is -2.30. The average Bonchev–Trinajstić information content (AvgIpc) is 3.08. The van der Waals surface area contributed by atoms with Crippen molar-refractivity contribution in [2.75, 3.05) is 31.6 Å². The molecular weight excluding hydrogens is 304 g/mol. The molecule has 1 heterocycles. The van der Waals surface area contributed by atoms with Gasteiger partial charge in [0.2, 0.25) is 0 Å². The highest BCUT2D eigenvalue weighted by Crippen LogP contribution is 2.28. The molecule has 2 aromatic rings. The van der Waals surface area contributed by atoms with Crippen molar-refractivity contribution in [1.29, 1.82) is 0 Å². The van der Waals surface area contributed by atoms with Gasteiger partial charge in [0.25, 0.3) is 0 Å². The quantitative estimate of drug-likeness (QED) is 0.796. The standard InChI is InChI=1S/C17H19N.C6H13N/c1-2-18(16-10-4-3-5-11-16)17-12-14-8-6-7-9-15(14)13-17;1-7-5-3-2-4-6-7/h3-11,17H,2,12-13H2,1H3;2-6H2,1H3. The summed E-state index contributed by atoms with van der Waals surface area (Å²) in [4.78, 5) is 4.92. The molecule has 0 radical (unpaired) electrons. The Morgan fingerprint density at radius 3 is 1.88 bits per heavy atom. The van der Waals surface area contributed by atoms with Crippen molar-refractivity contribution in [3.8, 4) is 0 Å². The zero-order valence-corrected chi connectivity index (χ0v) is 15.8. The minimum Gasteiger partial charge on any atom is -0.368 e. The third-order valence-corrected chi connectivity index (χ3v) is 5.48. The zero-order chi connectivity index (χ0) is 17.5. The van der Waals surface area contributed by atoms with Crippen molar-refractivity contribution in [2.24, 2.45) is 0 Å². The topological polar surface area (TPSA) is 6.48 Å². The molecule has 4 rings (SSSR count). The van der Waals surface area contributed by atoms with Crippen molar-refractivity contribution in [1.82, 2.24) is 4.90 Å². The van der Waals surface area contributed by atoms with E-state index in [0.29, 0.717) is 6.04 Å². The van der Waals surface area contributed by atoms with Gasteiger partial charge in [-0.05, 0) is 76.0 Å². The van der Waals surface area contributed by atoms with E-state index in [4.69, 9.17) is 0 Å². The van der Waals surface area contributed by atoms with Gasteiger partial charge in [0, 0.05) is 18.3 Å². The van der Waals surface area contributed by atoms with E-state index in [1.54, 1.807) is 0 Å². The van der Waals surface area contributed by atoms with Crippen LogP contribution in [0.3, 0.4) is 0 Å². The van der Waals surface area contributed by atoms with Crippen LogP contribution in [-0.2, 0) is 12.8 Å². The van der Waals surface area contributed by atoms with E-state index in [2.05, 4.69) is 78.4 Å². The minimum atomic E-state index is 0.620. The van der Waals surface area contributed by atoms with Crippen LogP contribution in [0.2, 0.25) is 0 Å². The molecule has 134 valence electrons. The summed E-state index contributed by atoms with van der Waals surface area (Å²) in [5, 5.41) is 0. The van der Waals surface area contributed by atoms with Crippen LogP contribution in [0.25, 0.3) is 0 Å². The van der Waals surface area contributed by atoms with Crippen LogP contribution in [0.15, 0.2) is 54.6 Å². The molecule has 2 aliphatic rings. The van der Waals surface area contributed by atoms with Gasteiger partial charge in [-0.25, -0.2) is 0 Å². The molecule has 0 spiro atoms. The number of benzene rings is 2. The Labute approximate surface area is 153 Å². The van der Waals surface area contributed by atoms with Crippen LogP contribution in [0.1, 0.15) is 37.3 Å². The number of anilines is 1. The second-order valence-corrected chi connectivity index (χ2v) is 7.32. The molecule has 0 amide bonds. The van der Waals surface area contributed by atoms with Gasteiger partial charge in [-0.2, -0.15) is 0 Å². The van der Waals surface area contributed by atoms with Crippen LogP contribution in [-0.4, -0.2) is 37.6 Å². The van der Waals surface area contributed by atoms with Crippen molar-refractivity contribution in [3.05, 3.63) is 65.7 Å². The molecule has 0 N–H and O–H groups in total. The highest BCUT2D eigenvalue weighted by molar-refractivity contribution is 5.49. The molecule has 0 aromatic heterocycles. The van der Waals surface area contributed by atoms with Gasteiger partial charge in [0.05, 0.1) is 0 Å². The molecule has 1 aliphatic heterocycles. The number of para-hydroxylation sites is 1. The summed E-state index contributed by atoms with van der Waals surface area (Å²) in [6.07, 6.45) is 6.63. The van der Waals surface area contributed by atoms with Crippen LogP contribution in [0.5, 0.6) is 0 Å². The first-order valence-electron chi connectivity index (χ1n) is 9.85. The first-order valence-corrected chi connectivity index (χ1v) is 9.85. The highest BCUT2D eigenvalue weighted by Gasteiger charge is 2.25. The van der Waals surface area contributed by atoms with Crippen LogP contribution in [0.4, 0.5) is 5.69 Å². The fourth-order valence-corrected chi connectivity index (χ4v) is 4.08. The molecule has 2 aromatic carbocycles. The minimum absolute atomic E-state index is 0.620. The Bertz CT molecular complexity index is 607. The van der Waals surface area contributed by atoms with E-state index >= 15 is 0 Å². The number of rotatable bonds is 3. The molecule has 25 heavy (non-hydrogen) atoms. The predicted octanol–water partition coefficient (Wildman–Crippen LogP) is 4.78. The lowest BCUT2D eigenvalue weighted by Crippen LogP contribution is -2.35. The maximum Gasteiger partial charge on any atom is 0.0370 e. The van der Waals surface area contributed by atoms with Gasteiger partial charge >= 0.3 is 0 Å². The van der Waals surface area contributed by atoms with Crippen LogP contribution < -0.4 is 4.90 Å². The van der Waals surface area contributed by atoms with Gasteiger partial charge in [-0.1, -0.05) is 48.9 Å². The summed E-state index contributed by atoms with van der Waals surface area (Å²) < 4.78 is 0. The lowest BCUT2D eigenvalue weighted by atomic mass is 10.1. The largest absolute Gasteiger partial charge is 0.368 e. The predicted molar refractivity (Wildman–Crippen MR) is 108 cm³/mol. The fourth-order valence-electron chi connectivity index (χ4n) is 4.08. The second-order valence-electron chi connectivity index (χ2n) is 7.32. The Morgan fingerprint density at radius 1 is 0.840 bits per heavy atom. The van der Waals surface area contributed by atoms with Crippen LogP contribution in [0, 0.1) is 0 Å². The molecular formula is C23H32N2. The maximum atomic E-state index is 2.53. The van der Waals surface area contributed by atoms with Crippen molar-refractivity contribution in [2.45, 2.75) is 45.1 Å². The summed E-state index contributed by atoms with van der Waals surface area (Å²) in [5.74, 6) is 0. The van der Waals surface area contributed by atoms with E-state index in [9.17, 15) is 0 Å². The molecule has 2 nitrogen and oxygen atoms in total. The fraction of sp³-hybridized carbons (Fsp3) is 0.478. The number of hydrogen-bond donors (Lipinski definition) is 0. The molecule has 1 fully saturated rings. The highest BCUT2D eigenvalue weighted by atomic mass is 15.2. The Morgan fingerprint density at radius 2 is 1.40 bits per heavy atom. The summed E-state index contributed by atoms with van der Waals surface area (Å²) in [6, 6.07) is 20.2. The normalized spacial score (nSPS) is 17.5. The molecule has 0 saturated carbocycles. The SMILES string of the molecule is CCN(c1ccccc1)C1Cc2ccccc2C1.CN1CCCCC1. The van der Waals surface area contributed by atoms with E-state index in [1.165, 1.54) is 62.0 Å². The summed E-state index contributed by atoms with van der Waals surface area (Å²) >= 11 is 0. The van der Waals surface area contributed by atoms with E-state index in [-0.39, 0.29) is 0 Å². The smallest absolute Gasteiger partial charge is 0.0370 e. The number of hydrogen-bond acceptors (Lipinski definition) is 2. The third-order valence-electron chi connectivity index (χ3n) is 5.48. The van der Waals surface area contributed by atoms with E-state index in [1.807, 2.05) is 0 Å². The van der Waals surface area contributed by atoms with Crippen LogP contribution >= 0.6 is 0 Å². The summed E-state index contributed by atoms with van der Waals surface area (Å²) in [6.45, 7) is 5.96. The first kappa shape index (κ1) is 18.0. The van der Waals surface area contributed by atoms with Crippen molar-refractivity contribution < 1.29 is 0 Å². The first-order chi connectivity index (χ1) is 12.3. The maximum absolute atomic E-state index is 2.53. The second kappa shape index (κ2) is 9.05. The van der Waals surface area contributed by atoms with E-state index < -0.39 is 0 Å². The zero-order valence-electron chi connectivity index (χ0n) is 15.8. The number of nitrogens with zero attached hydrogens (tertiary/aromatic N) is 2. The molecule has 0 atom stereocenters. The Balaban J connectivity index is 0.000000219. The Kier molecular flexibility index (Phi) is 6.52. The van der Waals surface area contributed by atoms with Gasteiger partial charge in [-0.15, -0.1) is 0 Å². The molecule has 2 heteroatoms.